The van der Waals surface area contributed by atoms with Gasteiger partial charge in [-0.25, -0.2) is 0 Å². The van der Waals surface area contributed by atoms with E-state index in [4.69, 9.17) is 0 Å². The van der Waals surface area contributed by atoms with Gasteiger partial charge >= 0.3 is 0 Å². The lowest BCUT2D eigenvalue weighted by Gasteiger charge is -2.37. The summed E-state index contributed by atoms with van der Waals surface area (Å²) in [7, 11) is -2.45. The molecular weight excluding hydrogens is 412 g/mol. The van der Waals surface area contributed by atoms with Crippen LogP contribution < -0.4 is 15.6 Å². The zero-order valence-corrected chi connectivity index (χ0v) is 20.5. The van der Waals surface area contributed by atoms with E-state index in [1.807, 2.05) is 0 Å². The van der Waals surface area contributed by atoms with Gasteiger partial charge < -0.3 is 0 Å². The van der Waals surface area contributed by atoms with Gasteiger partial charge in [-0.2, -0.15) is 0 Å². The van der Waals surface area contributed by atoms with Gasteiger partial charge in [0.1, 0.15) is 0 Å². The Bertz CT molecular complexity index is 1240. The predicted octanol–water partition coefficient (Wildman–Crippen LogP) is 5.81. The summed E-state index contributed by atoms with van der Waals surface area (Å²) in [6, 6.07) is 40.7. The SMILES string of the molecule is Cc1cc(C)cc([Si](C2=C(Cc3ccccc3)C=CC2)(c2ccccc2)c2ccccc2)c1. The lowest BCUT2D eigenvalue weighted by Crippen LogP contribution is -2.69. The number of aryl methyl sites for hydroxylation is 2. The van der Waals surface area contributed by atoms with Crippen LogP contribution in [0.25, 0.3) is 0 Å². The molecule has 4 aromatic carbocycles. The standard InChI is InChI=1S/C32H30Si/c1-25-21-26(2)23-31(22-25)33(29-16-8-4-9-17-29,30-18-10-5-11-19-30)32-20-12-15-28(32)24-27-13-6-3-7-14-27/h3-19,21-23H,20,24H2,1-2H3. The molecule has 33 heavy (non-hydrogen) atoms. The zero-order valence-electron chi connectivity index (χ0n) is 19.5. The fraction of sp³-hybridized carbons (Fsp3) is 0.125. The number of hydrogen-bond donors (Lipinski definition) is 0. The molecule has 4 aromatic rings. The lowest BCUT2D eigenvalue weighted by atomic mass is 10.1. The zero-order chi connectivity index (χ0) is 22.7. The highest BCUT2D eigenvalue weighted by Gasteiger charge is 2.44. The largest absolute Gasteiger partial charge is 0.176 e. The number of hydrogen-bond acceptors (Lipinski definition) is 0. The van der Waals surface area contributed by atoms with E-state index in [1.165, 1.54) is 37.8 Å². The summed E-state index contributed by atoms with van der Waals surface area (Å²) >= 11 is 0. The summed E-state index contributed by atoms with van der Waals surface area (Å²) in [6.45, 7) is 4.47. The molecule has 0 unspecified atom stereocenters. The first-order valence-electron chi connectivity index (χ1n) is 11.8. The van der Waals surface area contributed by atoms with Crippen LogP contribution in [0.15, 0.2) is 132 Å². The minimum atomic E-state index is -2.45. The third kappa shape index (κ3) is 4.05. The van der Waals surface area contributed by atoms with E-state index in [1.54, 1.807) is 5.20 Å². The average Bonchev–Trinajstić information content (AvgIpc) is 3.29. The maximum absolute atomic E-state index is 2.45. The Balaban J connectivity index is 1.85. The van der Waals surface area contributed by atoms with Gasteiger partial charge in [0.05, 0.1) is 0 Å². The second-order valence-corrected chi connectivity index (χ2v) is 13.0. The van der Waals surface area contributed by atoms with Gasteiger partial charge in [-0.1, -0.05) is 138 Å². The molecular formula is C32H30Si. The first kappa shape index (κ1) is 21.4. The molecule has 0 nitrogen and oxygen atoms in total. The minimum absolute atomic E-state index is 0.978. The number of rotatable bonds is 6. The van der Waals surface area contributed by atoms with Crippen LogP contribution in [0.3, 0.4) is 0 Å². The summed E-state index contributed by atoms with van der Waals surface area (Å²) in [5, 5.41) is 6.03. The normalized spacial score (nSPS) is 13.5. The fourth-order valence-corrected chi connectivity index (χ4v) is 10.9. The summed E-state index contributed by atoms with van der Waals surface area (Å²) < 4.78 is 0. The van der Waals surface area contributed by atoms with Gasteiger partial charge in [0.15, 0.2) is 8.07 Å². The molecule has 1 heteroatoms. The van der Waals surface area contributed by atoms with Crippen LogP contribution in [0.5, 0.6) is 0 Å². The van der Waals surface area contributed by atoms with E-state index in [9.17, 15) is 0 Å². The van der Waals surface area contributed by atoms with Crippen molar-refractivity contribution < 1.29 is 0 Å². The van der Waals surface area contributed by atoms with Crippen molar-refractivity contribution in [1.29, 1.82) is 0 Å². The van der Waals surface area contributed by atoms with Gasteiger partial charge in [-0.15, -0.1) is 0 Å². The van der Waals surface area contributed by atoms with Crippen molar-refractivity contribution in [2.24, 2.45) is 0 Å². The van der Waals surface area contributed by atoms with E-state index in [2.05, 4.69) is 135 Å². The highest BCUT2D eigenvalue weighted by molar-refractivity contribution is 7.16. The van der Waals surface area contributed by atoms with Crippen molar-refractivity contribution in [2.45, 2.75) is 26.7 Å². The fourth-order valence-electron chi connectivity index (χ4n) is 5.52. The van der Waals surface area contributed by atoms with E-state index < -0.39 is 8.07 Å². The van der Waals surface area contributed by atoms with Crippen LogP contribution in [-0.4, -0.2) is 8.07 Å². The molecule has 0 saturated carbocycles. The third-order valence-electron chi connectivity index (χ3n) is 6.79. The lowest BCUT2D eigenvalue weighted by molar-refractivity contribution is 1.18. The highest BCUT2D eigenvalue weighted by atomic mass is 28.3. The summed E-state index contributed by atoms with van der Waals surface area (Å²) in [6.07, 6.45) is 6.76. The van der Waals surface area contributed by atoms with E-state index in [0.717, 1.165) is 12.8 Å². The molecule has 0 N–H and O–H groups in total. The summed E-state index contributed by atoms with van der Waals surface area (Å²) in [5.74, 6) is 0. The molecule has 0 amide bonds. The van der Waals surface area contributed by atoms with Crippen LogP contribution in [0.1, 0.15) is 23.1 Å². The Morgan fingerprint density at radius 3 is 1.67 bits per heavy atom. The van der Waals surface area contributed by atoms with Crippen molar-refractivity contribution in [1.82, 2.24) is 0 Å². The molecule has 0 fully saturated rings. The van der Waals surface area contributed by atoms with E-state index in [-0.39, 0.29) is 0 Å². The molecule has 5 rings (SSSR count). The molecule has 0 atom stereocenters. The molecule has 0 spiro atoms. The summed E-state index contributed by atoms with van der Waals surface area (Å²) in [4.78, 5) is 0. The van der Waals surface area contributed by atoms with Gasteiger partial charge in [-0.3, -0.25) is 0 Å². The molecule has 0 aliphatic heterocycles. The van der Waals surface area contributed by atoms with E-state index in [0.29, 0.717) is 0 Å². The number of benzene rings is 4. The summed E-state index contributed by atoms with van der Waals surface area (Å²) in [5.41, 5.74) is 5.54. The molecule has 162 valence electrons. The molecule has 0 radical (unpaired) electrons. The maximum atomic E-state index is 2.45. The highest BCUT2D eigenvalue weighted by Crippen LogP contribution is 2.31. The van der Waals surface area contributed by atoms with Crippen molar-refractivity contribution in [2.75, 3.05) is 0 Å². The van der Waals surface area contributed by atoms with Crippen LogP contribution >= 0.6 is 0 Å². The van der Waals surface area contributed by atoms with Gasteiger partial charge in [-0.05, 0) is 53.4 Å². The van der Waals surface area contributed by atoms with Crippen molar-refractivity contribution >= 4 is 23.6 Å². The first-order chi connectivity index (χ1) is 16.2. The molecule has 0 saturated heterocycles. The molecule has 0 bridgehead atoms. The Labute approximate surface area is 199 Å². The van der Waals surface area contributed by atoms with Gasteiger partial charge in [0.2, 0.25) is 0 Å². The molecule has 0 heterocycles. The van der Waals surface area contributed by atoms with E-state index >= 15 is 0 Å². The van der Waals surface area contributed by atoms with Crippen LogP contribution in [0.4, 0.5) is 0 Å². The predicted molar refractivity (Wildman–Crippen MR) is 144 cm³/mol. The molecule has 1 aliphatic carbocycles. The first-order valence-corrected chi connectivity index (χ1v) is 13.8. The number of allylic oxidation sites excluding steroid dienone is 4. The van der Waals surface area contributed by atoms with Crippen LogP contribution in [-0.2, 0) is 6.42 Å². The molecule has 0 aromatic heterocycles. The molecule has 1 aliphatic rings. The quantitative estimate of drug-likeness (QED) is 0.261. The minimum Gasteiger partial charge on any atom is -0.0805 e. The maximum Gasteiger partial charge on any atom is 0.176 e. The van der Waals surface area contributed by atoms with Crippen molar-refractivity contribution in [3.63, 3.8) is 0 Å². The van der Waals surface area contributed by atoms with Crippen LogP contribution in [0, 0.1) is 13.8 Å². The Kier molecular flexibility index (Phi) is 5.98. The van der Waals surface area contributed by atoms with Gasteiger partial charge in [0, 0.05) is 0 Å². The third-order valence-corrected chi connectivity index (χ3v) is 11.8. The average molecular weight is 443 g/mol. The Hall–Kier alpha value is -3.42. The van der Waals surface area contributed by atoms with Crippen LogP contribution in [0.2, 0.25) is 0 Å². The topological polar surface area (TPSA) is 0 Å². The van der Waals surface area contributed by atoms with Crippen molar-refractivity contribution in [3.05, 3.63) is 149 Å². The van der Waals surface area contributed by atoms with Gasteiger partial charge in [0.25, 0.3) is 0 Å². The monoisotopic (exact) mass is 442 g/mol. The second kappa shape index (κ2) is 9.21. The Morgan fingerprint density at radius 1 is 0.606 bits per heavy atom. The Morgan fingerprint density at radius 2 is 1.12 bits per heavy atom. The smallest absolute Gasteiger partial charge is 0.0805 e. The second-order valence-electron chi connectivity index (χ2n) is 9.13. The van der Waals surface area contributed by atoms with Crippen molar-refractivity contribution in [3.8, 4) is 0 Å².